The first-order valence-corrected chi connectivity index (χ1v) is 5.88. The van der Waals surface area contributed by atoms with Gasteiger partial charge in [0, 0.05) is 5.41 Å². The topological polar surface area (TPSA) is 29.4 Å². The van der Waals surface area contributed by atoms with Gasteiger partial charge in [0.25, 0.3) is 0 Å². The fourth-order valence-corrected chi connectivity index (χ4v) is 2.68. The minimum atomic E-state index is 0.102. The van der Waals surface area contributed by atoms with E-state index < -0.39 is 0 Å². The number of nitrogens with zero attached hydrogens (tertiary/aromatic N) is 1. The molecule has 0 aliphatic heterocycles. The highest BCUT2D eigenvalue weighted by atomic mass is 16.1. The standard InChI is InChI=1S/C14H17NO/c1-12-4-6-13(7-5-12)14(10-15-11-16)8-2-3-9-14/h4-7H,2-3,8-10H2,1H3. The molecule has 0 unspecified atom stereocenters. The molecular weight excluding hydrogens is 198 g/mol. The summed E-state index contributed by atoms with van der Waals surface area (Å²) in [5.74, 6) is 0. The van der Waals surface area contributed by atoms with Gasteiger partial charge in [-0.25, -0.2) is 9.79 Å². The number of aliphatic imine (C=N–C) groups is 1. The second-order valence-electron chi connectivity index (χ2n) is 4.76. The summed E-state index contributed by atoms with van der Waals surface area (Å²) < 4.78 is 0. The molecule has 0 bridgehead atoms. The number of aryl methyl sites for hydroxylation is 1. The van der Waals surface area contributed by atoms with Crippen LogP contribution >= 0.6 is 0 Å². The molecule has 1 fully saturated rings. The molecule has 1 aliphatic carbocycles. The average Bonchev–Trinajstić information content (AvgIpc) is 2.77. The van der Waals surface area contributed by atoms with Gasteiger partial charge in [0.05, 0.1) is 6.54 Å². The maximum Gasteiger partial charge on any atom is 0.234 e. The summed E-state index contributed by atoms with van der Waals surface area (Å²) in [6, 6.07) is 8.64. The number of benzene rings is 1. The van der Waals surface area contributed by atoms with E-state index in [1.165, 1.54) is 24.0 Å². The minimum Gasteiger partial charge on any atom is -0.211 e. The van der Waals surface area contributed by atoms with Gasteiger partial charge in [-0.15, -0.1) is 0 Å². The molecule has 1 saturated carbocycles. The normalized spacial score (nSPS) is 18.1. The Morgan fingerprint density at radius 1 is 1.25 bits per heavy atom. The minimum absolute atomic E-state index is 0.102. The zero-order chi connectivity index (χ0) is 11.4. The molecule has 2 rings (SSSR count). The summed E-state index contributed by atoms with van der Waals surface area (Å²) in [7, 11) is 0. The van der Waals surface area contributed by atoms with Crippen molar-refractivity contribution < 1.29 is 4.79 Å². The number of rotatable bonds is 3. The smallest absolute Gasteiger partial charge is 0.211 e. The van der Waals surface area contributed by atoms with Crippen LogP contribution in [-0.4, -0.2) is 12.6 Å². The van der Waals surface area contributed by atoms with E-state index >= 15 is 0 Å². The van der Waals surface area contributed by atoms with Crippen molar-refractivity contribution in [3.8, 4) is 0 Å². The lowest BCUT2D eigenvalue weighted by Gasteiger charge is -2.27. The van der Waals surface area contributed by atoms with E-state index in [-0.39, 0.29) is 5.41 Å². The van der Waals surface area contributed by atoms with Crippen molar-refractivity contribution in [2.45, 2.75) is 38.0 Å². The Kier molecular flexibility index (Phi) is 3.21. The van der Waals surface area contributed by atoms with Crippen LogP contribution in [0.15, 0.2) is 29.3 Å². The molecule has 0 N–H and O–H groups in total. The van der Waals surface area contributed by atoms with Crippen LogP contribution in [0.2, 0.25) is 0 Å². The first kappa shape index (κ1) is 11.1. The van der Waals surface area contributed by atoms with Crippen molar-refractivity contribution in [2.75, 3.05) is 6.54 Å². The van der Waals surface area contributed by atoms with Crippen molar-refractivity contribution in [3.63, 3.8) is 0 Å². The van der Waals surface area contributed by atoms with Crippen molar-refractivity contribution in [1.29, 1.82) is 0 Å². The fourth-order valence-electron chi connectivity index (χ4n) is 2.68. The Hall–Kier alpha value is -1.40. The summed E-state index contributed by atoms with van der Waals surface area (Å²) >= 11 is 0. The Bertz CT molecular complexity index is 395. The van der Waals surface area contributed by atoms with Gasteiger partial charge < -0.3 is 0 Å². The highest BCUT2D eigenvalue weighted by molar-refractivity contribution is 5.35. The fraction of sp³-hybridized carbons (Fsp3) is 0.500. The molecule has 0 spiro atoms. The molecule has 1 aromatic carbocycles. The number of hydrogen-bond acceptors (Lipinski definition) is 2. The summed E-state index contributed by atoms with van der Waals surface area (Å²) in [6.45, 7) is 2.69. The van der Waals surface area contributed by atoms with Gasteiger partial charge in [-0.2, -0.15) is 0 Å². The van der Waals surface area contributed by atoms with Gasteiger partial charge in [0.15, 0.2) is 0 Å². The molecule has 16 heavy (non-hydrogen) atoms. The number of carbonyl (C=O) groups excluding carboxylic acids is 1. The zero-order valence-corrected chi connectivity index (χ0v) is 9.70. The highest BCUT2D eigenvalue weighted by Crippen LogP contribution is 2.41. The molecule has 0 saturated heterocycles. The van der Waals surface area contributed by atoms with Crippen LogP contribution in [-0.2, 0) is 10.2 Å². The number of isocyanates is 1. The zero-order valence-electron chi connectivity index (χ0n) is 9.70. The van der Waals surface area contributed by atoms with Crippen LogP contribution < -0.4 is 0 Å². The molecule has 84 valence electrons. The van der Waals surface area contributed by atoms with Crippen LogP contribution in [0, 0.1) is 6.92 Å². The summed E-state index contributed by atoms with van der Waals surface area (Å²) in [5, 5.41) is 0. The van der Waals surface area contributed by atoms with E-state index in [4.69, 9.17) is 0 Å². The lowest BCUT2D eigenvalue weighted by molar-refractivity contribution is 0.451. The molecular formula is C14H17NO. The van der Waals surface area contributed by atoms with Gasteiger partial charge >= 0.3 is 0 Å². The third-order valence-corrected chi connectivity index (χ3v) is 3.67. The van der Waals surface area contributed by atoms with Gasteiger partial charge in [0.1, 0.15) is 0 Å². The van der Waals surface area contributed by atoms with Crippen molar-refractivity contribution in [3.05, 3.63) is 35.4 Å². The molecule has 0 heterocycles. The van der Waals surface area contributed by atoms with Crippen molar-refractivity contribution in [2.24, 2.45) is 4.99 Å². The second kappa shape index (κ2) is 4.63. The second-order valence-corrected chi connectivity index (χ2v) is 4.76. The van der Waals surface area contributed by atoms with Crippen LogP contribution in [0.5, 0.6) is 0 Å². The Morgan fingerprint density at radius 2 is 1.88 bits per heavy atom. The van der Waals surface area contributed by atoms with Gasteiger partial charge in [-0.1, -0.05) is 42.7 Å². The van der Waals surface area contributed by atoms with E-state index in [9.17, 15) is 4.79 Å². The maximum absolute atomic E-state index is 10.3. The molecule has 1 aromatic rings. The molecule has 2 heteroatoms. The molecule has 2 nitrogen and oxygen atoms in total. The van der Waals surface area contributed by atoms with Crippen LogP contribution in [0.3, 0.4) is 0 Å². The van der Waals surface area contributed by atoms with Crippen molar-refractivity contribution in [1.82, 2.24) is 0 Å². The summed E-state index contributed by atoms with van der Waals surface area (Å²) in [4.78, 5) is 14.1. The van der Waals surface area contributed by atoms with Gasteiger partial charge in [-0.3, -0.25) is 0 Å². The van der Waals surface area contributed by atoms with Crippen molar-refractivity contribution >= 4 is 6.08 Å². The SMILES string of the molecule is Cc1ccc(C2(CN=C=O)CCCC2)cc1. The molecule has 0 amide bonds. The third-order valence-electron chi connectivity index (χ3n) is 3.67. The molecule has 1 aliphatic rings. The van der Waals surface area contributed by atoms with E-state index in [1.807, 2.05) is 0 Å². The Labute approximate surface area is 96.4 Å². The summed E-state index contributed by atoms with van der Waals surface area (Å²) in [5.41, 5.74) is 2.70. The van der Waals surface area contributed by atoms with Crippen LogP contribution in [0.4, 0.5) is 0 Å². The monoisotopic (exact) mass is 215 g/mol. The highest BCUT2D eigenvalue weighted by Gasteiger charge is 2.35. The van der Waals surface area contributed by atoms with Crippen LogP contribution in [0.1, 0.15) is 36.8 Å². The van der Waals surface area contributed by atoms with E-state index in [1.54, 1.807) is 6.08 Å². The predicted molar refractivity (Wildman–Crippen MR) is 64.3 cm³/mol. The summed E-state index contributed by atoms with van der Waals surface area (Å²) in [6.07, 6.45) is 6.43. The predicted octanol–water partition coefficient (Wildman–Crippen LogP) is 3.14. The van der Waals surface area contributed by atoms with E-state index in [0.717, 1.165) is 12.8 Å². The lowest BCUT2D eigenvalue weighted by atomic mass is 9.79. The Balaban J connectivity index is 2.31. The molecule has 0 aromatic heterocycles. The quantitative estimate of drug-likeness (QED) is 0.562. The average molecular weight is 215 g/mol. The Morgan fingerprint density at radius 3 is 2.44 bits per heavy atom. The van der Waals surface area contributed by atoms with Crippen LogP contribution in [0.25, 0.3) is 0 Å². The van der Waals surface area contributed by atoms with Gasteiger partial charge in [0.2, 0.25) is 6.08 Å². The lowest BCUT2D eigenvalue weighted by Crippen LogP contribution is -2.25. The first-order valence-electron chi connectivity index (χ1n) is 5.88. The van der Waals surface area contributed by atoms with E-state index in [0.29, 0.717) is 6.54 Å². The number of hydrogen-bond donors (Lipinski definition) is 0. The molecule has 0 radical (unpaired) electrons. The van der Waals surface area contributed by atoms with Gasteiger partial charge in [-0.05, 0) is 25.3 Å². The third kappa shape index (κ3) is 2.07. The first-order chi connectivity index (χ1) is 7.77. The largest absolute Gasteiger partial charge is 0.234 e. The molecule has 0 atom stereocenters. The van der Waals surface area contributed by atoms with E-state index in [2.05, 4.69) is 36.2 Å². The maximum atomic E-state index is 10.3.